The molecule has 7 heterocycles. The number of amides is 4. The van der Waals surface area contributed by atoms with E-state index in [1.54, 1.807) is 23.0 Å². The van der Waals surface area contributed by atoms with Gasteiger partial charge in [0.25, 0.3) is 5.91 Å². The van der Waals surface area contributed by atoms with Crippen molar-refractivity contribution >= 4 is 46.3 Å². The minimum absolute atomic E-state index is 0.0221. The number of imidazole rings is 1. The predicted octanol–water partition coefficient (Wildman–Crippen LogP) is 5.66. The molecule has 2 bridgehead atoms. The summed E-state index contributed by atoms with van der Waals surface area (Å²) in [5, 5.41) is 9.73. The topological polar surface area (TPSA) is 160 Å². The number of rotatable bonds is 5. The molecule has 17 heteroatoms. The SMILES string of the molecule is Cc1cc2cc(n1)-c1cnn(C)c1OCCC[C@@H](C)Cn1c(nc3ccc(C4(N5CCN(C(=O)[C@@H]6CCN(c7cc(F)c([C@H]8CCC(=O)NC8=O)c(F)c7)C6)CC5)CC4)cc31)NC2=O. The zero-order valence-electron chi connectivity index (χ0n) is 36.3. The minimum Gasteiger partial charge on any atom is -0.477 e. The third kappa shape index (κ3) is 7.66. The van der Waals surface area contributed by atoms with Crippen LogP contribution in [0.3, 0.4) is 0 Å². The second-order valence-electron chi connectivity index (χ2n) is 18.3. The molecule has 3 saturated heterocycles. The monoisotopic (exact) mass is 874 g/mol. The molecule has 4 amide bonds. The number of piperidine rings is 1. The number of anilines is 2. The largest absolute Gasteiger partial charge is 0.477 e. The third-order valence-corrected chi connectivity index (χ3v) is 13.9. The van der Waals surface area contributed by atoms with Crippen LogP contribution < -0.4 is 20.3 Å². The van der Waals surface area contributed by atoms with Crippen molar-refractivity contribution in [2.24, 2.45) is 18.9 Å². The second-order valence-corrected chi connectivity index (χ2v) is 18.3. The number of benzene rings is 2. The van der Waals surface area contributed by atoms with Gasteiger partial charge in [0.05, 0.1) is 46.9 Å². The highest BCUT2D eigenvalue weighted by Gasteiger charge is 2.50. The Morgan fingerprint density at radius 3 is 2.44 bits per heavy atom. The fraction of sp³-hybridized carbons (Fsp3) is 0.468. The van der Waals surface area contributed by atoms with Crippen LogP contribution in [0.2, 0.25) is 0 Å². The summed E-state index contributed by atoms with van der Waals surface area (Å²) in [6.07, 6.45) is 6.08. The van der Waals surface area contributed by atoms with Crippen LogP contribution in [0.4, 0.5) is 20.4 Å². The molecule has 0 unspecified atom stereocenters. The number of aromatic nitrogens is 5. The van der Waals surface area contributed by atoms with Crippen molar-refractivity contribution in [2.75, 3.05) is 56.1 Å². The lowest BCUT2D eigenvalue weighted by atomic mass is 9.89. The Balaban J connectivity index is 0.828. The summed E-state index contributed by atoms with van der Waals surface area (Å²) < 4.78 is 40.8. The van der Waals surface area contributed by atoms with E-state index in [0.717, 1.165) is 42.3 Å². The zero-order valence-corrected chi connectivity index (χ0v) is 36.3. The van der Waals surface area contributed by atoms with E-state index >= 15 is 8.78 Å². The molecule has 0 spiro atoms. The van der Waals surface area contributed by atoms with Crippen LogP contribution in [0.1, 0.15) is 85.0 Å². The molecule has 5 aromatic rings. The summed E-state index contributed by atoms with van der Waals surface area (Å²) in [5.41, 5.74) is 5.31. The predicted molar refractivity (Wildman–Crippen MR) is 234 cm³/mol. The van der Waals surface area contributed by atoms with Gasteiger partial charge in [0.15, 0.2) is 0 Å². The Labute approximate surface area is 369 Å². The quantitative estimate of drug-likeness (QED) is 0.211. The van der Waals surface area contributed by atoms with Crippen molar-refractivity contribution in [1.29, 1.82) is 0 Å². The highest BCUT2D eigenvalue weighted by molar-refractivity contribution is 6.05. The van der Waals surface area contributed by atoms with Crippen molar-refractivity contribution in [3.05, 3.63) is 82.7 Å². The molecular weight excluding hydrogens is 823 g/mol. The number of aryl methyl sites for hydroxylation is 2. The molecule has 5 aliphatic rings. The van der Waals surface area contributed by atoms with E-state index in [1.807, 2.05) is 23.8 Å². The molecule has 334 valence electrons. The van der Waals surface area contributed by atoms with Gasteiger partial charge >= 0.3 is 0 Å². The molecule has 0 radical (unpaired) electrons. The van der Waals surface area contributed by atoms with E-state index in [0.29, 0.717) is 93.3 Å². The number of nitrogens with zero attached hydrogens (tertiary/aromatic N) is 8. The number of piperazine rings is 1. The molecule has 3 atom stereocenters. The number of fused-ring (bicyclic) bond motifs is 7. The lowest BCUT2D eigenvalue weighted by Gasteiger charge is -2.40. The number of pyridine rings is 1. The summed E-state index contributed by atoms with van der Waals surface area (Å²) in [6, 6.07) is 12.5. The molecule has 3 aromatic heterocycles. The molecule has 2 aromatic carbocycles. The van der Waals surface area contributed by atoms with Gasteiger partial charge in [0, 0.05) is 87.3 Å². The van der Waals surface area contributed by atoms with Crippen LogP contribution >= 0.6 is 0 Å². The number of hydrogen-bond acceptors (Lipinski definition) is 10. The highest BCUT2D eigenvalue weighted by atomic mass is 19.1. The van der Waals surface area contributed by atoms with E-state index < -0.39 is 29.4 Å². The fourth-order valence-electron chi connectivity index (χ4n) is 10.4. The molecule has 2 N–H and O–H groups in total. The van der Waals surface area contributed by atoms with Gasteiger partial charge in [-0.3, -0.25) is 39.7 Å². The first-order chi connectivity index (χ1) is 30.8. The normalized spacial score (nSPS) is 22.8. The van der Waals surface area contributed by atoms with Crippen molar-refractivity contribution in [3.8, 4) is 17.1 Å². The van der Waals surface area contributed by atoms with E-state index in [9.17, 15) is 19.2 Å². The van der Waals surface area contributed by atoms with Crippen molar-refractivity contribution in [2.45, 2.75) is 76.8 Å². The Kier molecular flexibility index (Phi) is 10.7. The summed E-state index contributed by atoms with van der Waals surface area (Å²) in [5.74, 6) is -3.03. The molecular formula is C47H52F2N10O5. The molecule has 15 nitrogen and oxygen atoms in total. The molecule has 4 fully saturated rings. The number of ether oxygens (including phenoxy) is 1. The number of hydrogen-bond donors (Lipinski definition) is 2. The lowest BCUT2D eigenvalue weighted by molar-refractivity contribution is -0.137. The maximum absolute atomic E-state index is 15.4. The van der Waals surface area contributed by atoms with Crippen LogP contribution in [0, 0.1) is 30.4 Å². The molecule has 10 rings (SSSR count). The Morgan fingerprint density at radius 1 is 0.906 bits per heavy atom. The van der Waals surface area contributed by atoms with Gasteiger partial charge in [-0.15, -0.1) is 0 Å². The van der Waals surface area contributed by atoms with Gasteiger partial charge in [0.2, 0.25) is 29.5 Å². The van der Waals surface area contributed by atoms with Gasteiger partial charge < -0.3 is 19.1 Å². The Hall–Kier alpha value is -6.23. The number of nitrogens with one attached hydrogen (secondary N) is 2. The maximum Gasteiger partial charge on any atom is 0.258 e. The first kappa shape index (κ1) is 41.8. The number of imide groups is 1. The zero-order chi connectivity index (χ0) is 44.4. The Morgan fingerprint density at radius 2 is 1.69 bits per heavy atom. The minimum atomic E-state index is -1.07. The van der Waals surface area contributed by atoms with E-state index in [-0.39, 0.29) is 47.6 Å². The number of carbonyl (C=O) groups excluding carboxylic acids is 4. The molecule has 64 heavy (non-hydrogen) atoms. The number of halogens is 2. The van der Waals surface area contributed by atoms with Crippen LogP contribution in [0.5, 0.6) is 5.88 Å². The van der Waals surface area contributed by atoms with Crippen molar-refractivity contribution in [1.82, 2.24) is 39.4 Å². The average molecular weight is 875 g/mol. The standard InChI is InChI=1S/C47H52F2N10O5/c1-27-5-4-18-64-45-34(24-50-55(45)3)38-20-30(19-28(2)51-38)42(61)54-46-52-37-8-6-31(21-39(37)59(46)25-27)47(11-12-47)58-16-14-56(15-17-58)44(63)29-10-13-57(26-29)32-22-35(48)41(36(49)23-32)33-7-9-40(60)53-43(33)62/h6,8,19-24,27,29,33H,4-5,7,9-18,25-26H2,1-3H3,(H,52,54,61)(H,53,60,62)/t27-,29-,33-/m1/s1. The molecule has 4 aliphatic heterocycles. The first-order valence-electron chi connectivity index (χ1n) is 22.4. The van der Waals surface area contributed by atoms with E-state index in [1.165, 1.54) is 17.7 Å². The average Bonchev–Trinajstić information content (AvgIpc) is 3.59. The van der Waals surface area contributed by atoms with Crippen LogP contribution in [0.25, 0.3) is 22.3 Å². The van der Waals surface area contributed by atoms with Gasteiger partial charge in [-0.05, 0) is 93.3 Å². The smallest absolute Gasteiger partial charge is 0.258 e. The van der Waals surface area contributed by atoms with E-state index in [4.69, 9.17) is 14.7 Å². The third-order valence-electron chi connectivity index (χ3n) is 13.9. The summed E-state index contributed by atoms with van der Waals surface area (Å²) >= 11 is 0. The Bertz CT molecular complexity index is 2680. The van der Waals surface area contributed by atoms with Gasteiger partial charge in [-0.25, -0.2) is 18.4 Å². The fourth-order valence-corrected chi connectivity index (χ4v) is 10.4. The van der Waals surface area contributed by atoms with Crippen LogP contribution in [-0.4, -0.2) is 104 Å². The van der Waals surface area contributed by atoms with Crippen molar-refractivity contribution in [3.63, 3.8) is 0 Å². The van der Waals surface area contributed by atoms with Gasteiger partial charge in [0.1, 0.15) is 11.6 Å². The van der Waals surface area contributed by atoms with Gasteiger partial charge in [-0.1, -0.05) is 13.0 Å². The highest BCUT2D eigenvalue weighted by Crippen LogP contribution is 2.52. The van der Waals surface area contributed by atoms with Crippen molar-refractivity contribution < 1.29 is 32.7 Å². The maximum atomic E-state index is 15.4. The molecule has 1 aliphatic carbocycles. The number of carbonyl (C=O) groups is 4. The summed E-state index contributed by atoms with van der Waals surface area (Å²) in [6.45, 7) is 8.65. The molecule has 1 saturated carbocycles. The van der Waals surface area contributed by atoms with Gasteiger partial charge in [-0.2, -0.15) is 5.10 Å². The summed E-state index contributed by atoms with van der Waals surface area (Å²) in [7, 11) is 1.84. The second kappa shape index (κ2) is 16.4. The van der Waals surface area contributed by atoms with Crippen LogP contribution in [0.15, 0.2) is 48.7 Å². The van der Waals surface area contributed by atoms with E-state index in [2.05, 4.69) is 50.3 Å². The van der Waals surface area contributed by atoms with Crippen LogP contribution in [-0.2, 0) is 33.5 Å². The first-order valence-corrected chi connectivity index (χ1v) is 22.4. The summed E-state index contributed by atoms with van der Waals surface area (Å²) in [4.78, 5) is 67.8. The lowest BCUT2D eigenvalue weighted by Crippen LogP contribution is -2.53.